The number of β-amino-alcohol motifs (C(OH)–C–C–N with tert-alkyl or cyclic N) is 1. The number of aliphatic hydroxyl groups excluding tert-OH is 1. The van der Waals surface area contributed by atoms with Crippen LogP contribution in [0.1, 0.15) is 19.8 Å². The predicted octanol–water partition coefficient (Wildman–Crippen LogP) is 1.63. The summed E-state index contributed by atoms with van der Waals surface area (Å²) in [4.78, 5) is 2.16. The third-order valence-corrected chi connectivity index (χ3v) is 2.99. The van der Waals surface area contributed by atoms with Gasteiger partial charge in [-0.3, -0.25) is 0 Å². The predicted molar refractivity (Wildman–Crippen MR) is 69.5 cm³/mol. The molecule has 1 aromatic rings. The minimum atomic E-state index is -0.215. The van der Waals surface area contributed by atoms with Crippen LogP contribution in [0, 0.1) is 0 Å². The number of nitrogens with zero attached hydrogens (tertiary/aromatic N) is 1. The summed E-state index contributed by atoms with van der Waals surface area (Å²) >= 11 is 0. The quantitative estimate of drug-likeness (QED) is 0.780. The average molecular weight is 236 g/mol. The highest BCUT2D eigenvalue weighted by atomic mass is 16.5. The van der Waals surface area contributed by atoms with Gasteiger partial charge in [0.25, 0.3) is 0 Å². The number of nitrogens with two attached hydrogens (primary N) is 1. The molecular formula is C13H20N2O2. The number of ether oxygens (including phenoxy) is 1. The third-order valence-electron chi connectivity index (χ3n) is 2.99. The maximum absolute atomic E-state index is 9.53. The van der Waals surface area contributed by atoms with Crippen molar-refractivity contribution in [1.29, 1.82) is 0 Å². The van der Waals surface area contributed by atoms with Crippen LogP contribution < -0.4 is 15.4 Å². The normalized spacial score (nSPS) is 19.6. The molecule has 1 aliphatic rings. The van der Waals surface area contributed by atoms with Gasteiger partial charge in [0.2, 0.25) is 0 Å². The van der Waals surface area contributed by atoms with E-state index in [2.05, 4.69) is 11.8 Å². The highest BCUT2D eigenvalue weighted by Crippen LogP contribution is 2.29. The summed E-state index contributed by atoms with van der Waals surface area (Å²) in [5.74, 6) is 0.741. The van der Waals surface area contributed by atoms with E-state index in [-0.39, 0.29) is 6.10 Å². The van der Waals surface area contributed by atoms with Crippen LogP contribution in [0.3, 0.4) is 0 Å². The summed E-state index contributed by atoms with van der Waals surface area (Å²) in [5, 5.41) is 9.53. The molecule has 2 rings (SSSR count). The molecule has 1 aliphatic heterocycles. The van der Waals surface area contributed by atoms with Crippen molar-refractivity contribution < 1.29 is 9.84 Å². The summed E-state index contributed by atoms with van der Waals surface area (Å²) in [7, 11) is 0. The molecule has 1 heterocycles. The topological polar surface area (TPSA) is 58.7 Å². The van der Waals surface area contributed by atoms with Gasteiger partial charge in [-0.25, -0.2) is 0 Å². The van der Waals surface area contributed by atoms with Gasteiger partial charge >= 0.3 is 0 Å². The molecule has 1 unspecified atom stereocenters. The van der Waals surface area contributed by atoms with Gasteiger partial charge in [0.05, 0.1) is 18.4 Å². The Bertz CT molecular complexity index is 382. The Hall–Kier alpha value is -1.42. The molecule has 1 aromatic carbocycles. The first-order valence-corrected chi connectivity index (χ1v) is 6.16. The summed E-state index contributed by atoms with van der Waals surface area (Å²) in [6.45, 7) is 4.32. The molecular weight excluding hydrogens is 216 g/mol. The highest BCUT2D eigenvalue weighted by Gasteiger charge is 2.20. The first-order valence-electron chi connectivity index (χ1n) is 6.16. The molecule has 1 atom stereocenters. The molecule has 0 spiro atoms. The van der Waals surface area contributed by atoms with Crippen molar-refractivity contribution in [3.63, 3.8) is 0 Å². The Balaban J connectivity index is 2.12. The number of hydrogen-bond donors (Lipinski definition) is 2. The molecule has 1 fully saturated rings. The Morgan fingerprint density at radius 1 is 1.53 bits per heavy atom. The van der Waals surface area contributed by atoms with E-state index >= 15 is 0 Å². The summed E-state index contributed by atoms with van der Waals surface area (Å²) in [6, 6.07) is 5.81. The Morgan fingerprint density at radius 2 is 2.35 bits per heavy atom. The number of anilines is 2. The Labute approximate surface area is 102 Å². The third kappa shape index (κ3) is 2.82. The second-order valence-corrected chi connectivity index (χ2v) is 4.46. The molecule has 0 amide bonds. The number of hydrogen-bond acceptors (Lipinski definition) is 4. The number of rotatable bonds is 4. The van der Waals surface area contributed by atoms with Gasteiger partial charge in [-0.2, -0.15) is 0 Å². The lowest BCUT2D eigenvalue weighted by atomic mass is 10.2. The van der Waals surface area contributed by atoms with E-state index in [4.69, 9.17) is 10.5 Å². The van der Waals surface area contributed by atoms with Crippen molar-refractivity contribution in [3.8, 4) is 5.75 Å². The fourth-order valence-electron chi connectivity index (χ4n) is 2.03. The van der Waals surface area contributed by atoms with Gasteiger partial charge in [-0.15, -0.1) is 0 Å². The van der Waals surface area contributed by atoms with E-state index < -0.39 is 0 Å². The molecule has 1 saturated heterocycles. The molecule has 0 bridgehead atoms. The molecule has 0 aliphatic carbocycles. The van der Waals surface area contributed by atoms with Crippen molar-refractivity contribution in [2.75, 3.05) is 30.3 Å². The maximum Gasteiger partial charge on any atom is 0.144 e. The van der Waals surface area contributed by atoms with Crippen LogP contribution in [0.15, 0.2) is 18.2 Å². The van der Waals surface area contributed by atoms with Gasteiger partial charge in [-0.05, 0) is 25.0 Å². The second kappa shape index (κ2) is 5.27. The molecule has 3 N–H and O–H groups in total. The zero-order valence-corrected chi connectivity index (χ0v) is 10.2. The zero-order valence-electron chi connectivity index (χ0n) is 10.2. The van der Waals surface area contributed by atoms with E-state index in [0.717, 1.165) is 30.8 Å². The summed E-state index contributed by atoms with van der Waals surface area (Å²) in [6.07, 6.45) is 1.58. The number of nitrogen functional groups attached to an aromatic ring is 1. The highest BCUT2D eigenvalue weighted by molar-refractivity contribution is 5.62. The molecule has 4 nitrogen and oxygen atoms in total. The summed E-state index contributed by atoms with van der Waals surface area (Å²) in [5.41, 5.74) is 7.60. The minimum absolute atomic E-state index is 0.215. The second-order valence-electron chi connectivity index (χ2n) is 4.46. The van der Waals surface area contributed by atoms with Gasteiger partial charge < -0.3 is 20.5 Å². The lowest BCUT2D eigenvalue weighted by Gasteiger charge is -2.19. The molecule has 94 valence electrons. The van der Waals surface area contributed by atoms with Crippen molar-refractivity contribution in [2.45, 2.75) is 25.9 Å². The van der Waals surface area contributed by atoms with Crippen LogP contribution in [0.4, 0.5) is 11.4 Å². The van der Waals surface area contributed by atoms with E-state index in [1.807, 2.05) is 18.2 Å². The Morgan fingerprint density at radius 3 is 3.00 bits per heavy atom. The van der Waals surface area contributed by atoms with Gasteiger partial charge in [0.15, 0.2) is 0 Å². The Kier molecular flexibility index (Phi) is 3.74. The first-order chi connectivity index (χ1) is 8.20. The summed E-state index contributed by atoms with van der Waals surface area (Å²) < 4.78 is 5.60. The molecule has 4 heteroatoms. The van der Waals surface area contributed by atoms with Crippen LogP contribution in [0.5, 0.6) is 5.75 Å². The van der Waals surface area contributed by atoms with Gasteiger partial charge in [0.1, 0.15) is 5.75 Å². The molecule has 17 heavy (non-hydrogen) atoms. The largest absolute Gasteiger partial charge is 0.491 e. The molecule has 0 aromatic heterocycles. The number of benzene rings is 1. The van der Waals surface area contributed by atoms with E-state index in [1.54, 1.807) is 0 Å². The fraction of sp³-hybridized carbons (Fsp3) is 0.538. The van der Waals surface area contributed by atoms with Crippen molar-refractivity contribution in [2.24, 2.45) is 0 Å². The van der Waals surface area contributed by atoms with Crippen LogP contribution in [-0.2, 0) is 0 Å². The van der Waals surface area contributed by atoms with Gasteiger partial charge in [-0.1, -0.05) is 6.92 Å². The molecule has 0 saturated carbocycles. The number of aliphatic hydroxyl groups is 1. The monoisotopic (exact) mass is 236 g/mol. The van der Waals surface area contributed by atoms with Crippen LogP contribution in [0.25, 0.3) is 0 Å². The lowest BCUT2D eigenvalue weighted by molar-refractivity contribution is 0.198. The maximum atomic E-state index is 9.53. The average Bonchev–Trinajstić information content (AvgIpc) is 2.75. The SMILES string of the molecule is CCCOc1cc(N2CCC(O)C2)ccc1N. The zero-order chi connectivity index (χ0) is 12.3. The van der Waals surface area contributed by atoms with Crippen molar-refractivity contribution >= 4 is 11.4 Å². The lowest BCUT2D eigenvalue weighted by Crippen LogP contribution is -2.21. The fourth-order valence-corrected chi connectivity index (χ4v) is 2.03. The minimum Gasteiger partial charge on any atom is -0.491 e. The van der Waals surface area contributed by atoms with Crippen LogP contribution in [0.2, 0.25) is 0 Å². The standard InChI is InChI=1S/C13H20N2O2/c1-2-7-17-13-8-10(3-4-12(13)14)15-6-5-11(16)9-15/h3-4,8,11,16H,2,5-7,9,14H2,1H3. The van der Waals surface area contributed by atoms with Gasteiger partial charge in [0, 0.05) is 24.8 Å². The van der Waals surface area contributed by atoms with Crippen molar-refractivity contribution in [1.82, 2.24) is 0 Å². The van der Waals surface area contributed by atoms with E-state index in [1.165, 1.54) is 0 Å². The van der Waals surface area contributed by atoms with Crippen molar-refractivity contribution in [3.05, 3.63) is 18.2 Å². The molecule has 0 radical (unpaired) electrons. The van der Waals surface area contributed by atoms with E-state index in [9.17, 15) is 5.11 Å². The first kappa shape index (κ1) is 12.0. The smallest absolute Gasteiger partial charge is 0.144 e. The van der Waals surface area contributed by atoms with Crippen LogP contribution in [-0.4, -0.2) is 30.9 Å². The van der Waals surface area contributed by atoms with Crippen LogP contribution >= 0.6 is 0 Å². The van der Waals surface area contributed by atoms with E-state index in [0.29, 0.717) is 18.8 Å².